The van der Waals surface area contributed by atoms with Crippen molar-refractivity contribution in [1.29, 1.82) is 0 Å². The Bertz CT molecular complexity index is 437. The smallest absolute Gasteiger partial charge is 0.240 e. The topological polar surface area (TPSA) is 46.9 Å². The molecule has 2 rings (SSSR count). The summed E-state index contributed by atoms with van der Waals surface area (Å²) in [5.41, 5.74) is 0.864. The Morgan fingerprint density at radius 1 is 1.25 bits per heavy atom. The molecule has 0 radical (unpaired) electrons. The highest BCUT2D eigenvalue weighted by atomic mass is 16.1. The zero-order chi connectivity index (χ0) is 11.2. The van der Waals surface area contributed by atoms with Gasteiger partial charge < -0.3 is 9.88 Å². The van der Waals surface area contributed by atoms with Crippen molar-refractivity contribution >= 4 is 5.91 Å². The molecule has 2 aromatic heterocycles. The van der Waals surface area contributed by atoms with Gasteiger partial charge in [0, 0.05) is 18.6 Å². The van der Waals surface area contributed by atoms with Crippen molar-refractivity contribution in [2.75, 3.05) is 0 Å². The van der Waals surface area contributed by atoms with E-state index < -0.39 is 0 Å². The highest BCUT2D eigenvalue weighted by Gasteiger charge is 2.01. The minimum Gasteiger partial charge on any atom is -0.349 e. The third-order valence-corrected chi connectivity index (χ3v) is 2.19. The van der Waals surface area contributed by atoms with Gasteiger partial charge in [0.2, 0.25) is 5.91 Å². The van der Waals surface area contributed by atoms with Crippen molar-refractivity contribution in [3.05, 3.63) is 54.6 Å². The molecule has 0 aromatic carbocycles. The Labute approximate surface area is 93.9 Å². The van der Waals surface area contributed by atoms with Crippen LogP contribution in [0, 0.1) is 0 Å². The number of hydrogen-bond acceptors (Lipinski definition) is 2. The van der Waals surface area contributed by atoms with Crippen LogP contribution in [0.3, 0.4) is 0 Å². The van der Waals surface area contributed by atoms with Crippen LogP contribution in [0.1, 0.15) is 5.69 Å². The van der Waals surface area contributed by atoms with E-state index in [1.54, 1.807) is 6.20 Å². The van der Waals surface area contributed by atoms with Crippen molar-refractivity contribution in [3.8, 4) is 0 Å². The molecule has 4 nitrogen and oxygen atoms in total. The number of aromatic nitrogens is 2. The Hall–Kier alpha value is -2.10. The third-order valence-electron chi connectivity index (χ3n) is 2.19. The van der Waals surface area contributed by atoms with E-state index in [0.717, 1.165) is 5.69 Å². The summed E-state index contributed by atoms with van der Waals surface area (Å²) >= 11 is 0. The number of amides is 1. The summed E-state index contributed by atoms with van der Waals surface area (Å²) in [6.07, 6.45) is 5.44. The number of rotatable bonds is 4. The largest absolute Gasteiger partial charge is 0.349 e. The minimum absolute atomic E-state index is 0.0122. The van der Waals surface area contributed by atoms with Gasteiger partial charge in [-0.15, -0.1) is 0 Å². The van der Waals surface area contributed by atoms with Crippen molar-refractivity contribution in [3.63, 3.8) is 0 Å². The first kappa shape index (κ1) is 10.4. The van der Waals surface area contributed by atoms with Crippen LogP contribution >= 0.6 is 0 Å². The molecule has 0 aliphatic heterocycles. The minimum atomic E-state index is -0.0122. The molecular formula is C12H13N3O. The Morgan fingerprint density at radius 2 is 2.06 bits per heavy atom. The van der Waals surface area contributed by atoms with Gasteiger partial charge in [0.05, 0.1) is 12.2 Å². The van der Waals surface area contributed by atoms with Gasteiger partial charge in [0.25, 0.3) is 0 Å². The maximum atomic E-state index is 11.5. The third kappa shape index (κ3) is 2.95. The van der Waals surface area contributed by atoms with Crippen LogP contribution in [0.2, 0.25) is 0 Å². The lowest BCUT2D eigenvalue weighted by molar-refractivity contribution is -0.121. The summed E-state index contributed by atoms with van der Waals surface area (Å²) in [5.74, 6) is -0.0122. The van der Waals surface area contributed by atoms with Crippen molar-refractivity contribution < 1.29 is 4.79 Å². The summed E-state index contributed by atoms with van der Waals surface area (Å²) in [6.45, 7) is 0.820. The van der Waals surface area contributed by atoms with Crippen LogP contribution in [0.4, 0.5) is 0 Å². The zero-order valence-corrected chi connectivity index (χ0v) is 8.84. The van der Waals surface area contributed by atoms with E-state index in [-0.39, 0.29) is 5.91 Å². The second-order valence-electron chi connectivity index (χ2n) is 3.45. The maximum Gasteiger partial charge on any atom is 0.240 e. The first-order valence-electron chi connectivity index (χ1n) is 5.12. The molecule has 0 bridgehead atoms. The summed E-state index contributed by atoms with van der Waals surface area (Å²) in [5, 5.41) is 2.81. The SMILES string of the molecule is O=C(Cn1cccc1)NCc1ccccn1. The average Bonchev–Trinajstić information content (AvgIpc) is 2.81. The van der Waals surface area contributed by atoms with E-state index in [0.29, 0.717) is 13.1 Å². The van der Waals surface area contributed by atoms with Crippen molar-refractivity contribution in [2.24, 2.45) is 0 Å². The lowest BCUT2D eigenvalue weighted by Gasteiger charge is -2.05. The van der Waals surface area contributed by atoms with Gasteiger partial charge in [0.1, 0.15) is 6.54 Å². The van der Waals surface area contributed by atoms with E-state index in [1.165, 1.54) is 0 Å². The molecule has 0 unspecified atom stereocenters. The number of carbonyl (C=O) groups is 1. The summed E-state index contributed by atoms with van der Waals surface area (Å²) in [4.78, 5) is 15.7. The van der Waals surface area contributed by atoms with E-state index >= 15 is 0 Å². The number of carbonyl (C=O) groups excluding carboxylic acids is 1. The van der Waals surface area contributed by atoms with Gasteiger partial charge in [-0.25, -0.2) is 0 Å². The van der Waals surface area contributed by atoms with Crippen LogP contribution < -0.4 is 5.32 Å². The summed E-state index contributed by atoms with van der Waals surface area (Å²) in [7, 11) is 0. The Kier molecular flexibility index (Phi) is 3.33. The highest BCUT2D eigenvalue weighted by Crippen LogP contribution is 1.93. The normalized spacial score (nSPS) is 10.0. The fourth-order valence-electron chi connectivity index (χ4n) is 1.39. The molecule has 0 aliphatic rings. The predicted molar refractivity (Wildman–Crippen MR) is 60.5 cm³/mol. The van der Waals surface area contributed by atoms with Crippen LogP contribution in [-0.4, -0.2) is 15.5 Å². The molecule has 4 heteroatoms. The van der Waals surface area contributed by atoms with Crippen LogP contribution in [0.25, 0.3) is 0 Å². The Balaban J connectivity index is 1.80. The van der Waals surface area contributed by atoms with Gasteiger partial charge in [-0.1, -0.05) is 6.07 Å². The number of hydrogen-bond donors (Lipinski definition) is 1. The molecule has 0 saturated heterocycles. The van der Waals surface area contributed by atoms with Crippen LogP contribution in [0.15, 0.2) is 48.9 Å². The monoisotopic (exact) mass is 215 g/mol. The molecule has 1 amide bonds. The molecule has 0 spiro atoms. The first-order chi connectivity index (χ1) is 7.84. The number of nitrogens with zero attached hydrogens (tertiary/aromatic N) is 2. The fraction of sp³-hybridized carbons (Fsp3) is 0.167. The van der Waals surface area contributed by atoms with Crippen LogP contribution in [0.5, 0.6) is 0 Å². The maximum absolute atomic E-state index is 11.5. The predicted octanol–water partition coefficient (Wildman–Crippen LogP) is 1.20. The van der Waals surface area contributed by atoms with Gasteiger partial charge in [-0.05, 0) is 24.3 Å². The van der Waals surface area contributed by atoms with Crippen molar-refractivity contribution in [2.45, 2.75) is 13.1 Å². The standard InChI is InChI=1S/C12H13N3O/c16-12(10-15-7-3-4-8-15)14-9-11-5-1-2-6-13-11/h1-8H,9-10H2,(H,14,16). The van der Waals surface area contributed by atoms with E-state index in [9.17, 15) is 4.79 Å². The fourth-order valence-corrected chi connectivity index (χ4v) is 1.39. The molecule has 2 heterocycles. The first-order valence-corrected chi connectivity index (χ1v) is 5.12. The lowest BCUT2D eigenvalue weighted by Crippen LogP contribution is -2.26. The van der Waals surface area contributed by atoms with Gasteiger partial charge in [-0.2, -0.15) is 0 Å². The summed E-state index contributed by atoms with van der Waals surface area (Å²) in [6, 6.07) is 9.43. The van der Waals surface area contributed by atoms with Gasteiger partial charge in [-0.3, -0.25) is 9.78 Å². The second-order valence-corrected chi connectivity index (χ2v) is 3.45. The van der Waals surface area contributed by atoms with E-state index in [4.69, 9.17) is 0 Å². The van der Waals surface area contributed by atoms with E-state index in [2.05, 4.69) is 10.3 Å². The lowest BCUT2D eigenvalue weighted by atomic mass is 10.3. The molecule has 1 N–H and O–H groups in total. The molecule has 0 atom stereocenters. The molecule has 2 aromatic rings. The molecule has 16 heavy (non-hydrogen) atoms. The highest BCUT2D eigenvalue weighted by molar-refractivity contribution is 5.75. The summed E-state index contributed by atoms with van der Waals surface area (Å²) < 4.78 is 1.83. The second kappa shape index (κ2) is 5.11. The van der Waals surface area contributed by atoms with Crippen LogP contribution in [-0.2, 0) is 17.9 Å². The quantitative estimate of drug-likeness (QED) is 0.833. The molecular weight excluding hydrogens is 202 g/mol. The van der Waals surface area contributed by atoms with Gasteiger partial charge >= 0.3 is 0 Å². The number of nitrogens with one attached hydrogen (secondary N) is 1. The molecule has 82 valence electrons. The molecule has 0 fully saturated rings. The van der Waals surface area contributed by atoms with Gasteiger partial charge in [0.15, 0.2) is 0 Å². The molecule has 0 saturated carbocycles. The van der Waals surface area contributed by atoms with Crippen molar-refractivity contribution in [1.82, 2.24) is 14.9 Å². The average molecular weight is 215 g/mol. The molecule has 0 aliphatic carbocycles. The Morgan fingerprint density at radius 3 is 2.75 bits per heavy atom. The van der Waals surface area contributed by atoms with E-state index in [1.807, 2.05) is 47.3 Å². The zero-order valence-electron chi connectivity index (χ0n) is 8.84. The number of pyridine rings is 1.